The van der Waals surface area contributed by atoms with Crippen molar-refractivity contribution in [1.29, 1.82) is 0 Å². The number of rotatable bonds is 3. The number of carbonyl (C=O) groups is 2. The molecule has 116 valence electrons. The molecule has 6 heteroatoms. The maximum atomic E-state index is 12.8. The number of carbonyl (C=O) groups excluding carboxylic acids is 2. The molecule has 0 N–H and O–H groups in total. The summed E-state index contributed by atoms with van der Waals surface area (Å²) in [4.78, 5) is 32.4. The fourth-order valence-corrected chi connectivity index (χ4v) is 2.78. The lowest BCUT2D eigenvalue weighted by Gasteiger charge is -2.25. The van der Waals surface area contributed by atoms with Crippen molar-refractivity contribution in [3.63, 3.8) is 0 Å². The first-order valence-corrected chi connectivity index (χ1v) is 7.48. The number of ketones is 1. The molecule has 6 nitrogen and oxygen atoms in total. The molecule has 0 unspecified atom stereocenters. The van der Waals surface area contributed by atoms with E-state index in [1.165, 1.54) is 0 Å². The number of likely N-dealkylation sites (tertiary alicyclic amines) is 1. The topological polar surface area (TPSA) is 57.9 Å². The van der Waals surface area contributed by atoms with Crippen LogP contribution in [0, 0.1) is 0 Å². The van der Waals surface area contributed by atoms with E-state index < -0.39 is 0 Å². The molecule has 0 radical (unpaired) electrons. The molecule has 22 heavy (non-hydrogen) atoms. The van der Waals surface area contributed by atoms with Gasteiger partial charge in [-0.1, -0.05) is 6.07 Å². The maximum absolute atomic E-state index is 12.8. The number of fused-ring (bicyclic) bond motifs is 1. The van der Waals surface area contributed by atoms with E-state index in [1.807, 2.05) is 47.8 Å². The molecule has 1 aliphatic rings. The molecule has 0 bridgehead atoms. The molecule has 1 fully saturated rings. The molecule has 1 saturated heterocycles. The van der Waals surface area contributed by atoms with Crippen LogP contribution in [0.25, 0.3) is 5.65 Å². The van der Waals surface area contributed by atoms with Crippen molar-refractivity contribution in [1.82, 2.24) is 19.2 Å². The van der Waals surface area contributed by atoms with E-state index in [0.29, 0.717) is 38.2 Å². The standard InChI is InChI=1S/C16H20N4O2/c1-18(2)11-13-15(17-14-5-3-4-8-20(13)14)16(22)19-9-6-12(21)7-10-19/h3-5,8H,6-7,9-11H2,1-2H3. The zero-order chi connectivity index (χ0) is 15.7. The van der Waals surface area contributed by atoms with Gasteiger partial charge in [0.1, 0.15) is 11.4 Å². The minimum absolute atomic E-state index is 0.0759. The molecular weight excluding hydrogens is 280 g/mol. The molecule has 0 atom stereocenters. The van der Waals surface area contributed by atoms with Crippen LogP contribution in [0.3, 0.4) is 0 Å². The second kappa shape index (κ2) is 5.88. The van der Waals surface area contributed by atoms with Gasteiger partial charge in [-0.15, -0.1) is 0 Å². The third-order valence-electron chi connectivity index (χ3n) is 3.91. The van der Waals surface area contributed by atoms with E-state index in [4.69, 9.17) is 0 Å². The second-order valence-electron chi connectivity index (χ2n) is 5.90. The van der Waals surface area contributed by atoms with Crippen molar-refractivity contribution in [2.75, 3.05) is 27.2 Å². The van der Waals surface area contributed by atoms with Crippen LogP contribution >= 0.6 is 0 Å². The van der Waals surface area contributed by atoms with Crippen molar-refractivity contribution in [3.8, 4) is 0 Å². The Morgan fingerprint density at radius 3 is 2.68 bits per heavy atom. The average molecular weight is 300 g/mol. The van der Waals surface area contributed by atoms with Gasteiger partial charge in [-0.2, -0.15) is 0 Å². The molecule has 1 aliphatic heterocycles. The summed E-state index contributed by atoms with van der Waals surface area (Å²) in [6, 6.07) is 5.74. The highest BCUT2D eigenvalue weighted by molar-refractivity contribution is 5.95. The Kier molecular flexibility index (Phi) is 3.94. The van der Waals surface area contributed by atoms with Gasteiger partial charge in [0.2, 0.25) is 0 Å². The summed E-state index contributed by atoms with van der Waals surface area (Å²) < 4.78 is 1.96. The Labute approximate surface area is 129 Å². The monoisotopic (exact) mass is 300 g/mol. The first kappa shape index (κ1) is 14.7. The van der Waals surface area contributed by atoms with E-state index in [9.17, 15) is 9.59 Å². The van der Waals surface area contributed by atoms with Gasteiger partial charge in [-0.3, -0.25) is 9.59 Å². The number of imidazole rings is 1. The third kappa shape index (κ3) is 2.74. The molecule has 3 heterocycles. The highest BCUT2D eigenvalue weighted by Crippen LogP contribution is 2.18. The quantitative estimate of drug-likeness (QED) is 0.855. The number of aromatic nitrogens is 2. The van der Waals surface area contributed by atoms with E-state index in [2.05, 4.69) is 4.98 Å². The van der Waals surface area contributed by atoms with Gasteiger partial charge in [0.15, 0.2) is 5.69 Å². The van der Waals surface area contributed by atoms with Gasteiger partial charge < -0.3 is 14.2 Å². The number of pyridine rings is 1. The summed E-state index contributed by atoms with van der Waals surface area (Å²) >= 11 is 0. The molecule has 3 rings (SSSR count). The van der Waals surface area contributed by atoms with Crippen LogP contribution in [0.5, 0.6) is 0 Å². The van der Waals surface area contributed by atoms with Gasteiger partial charge >= 0.3 is 0 Å². The molecule has 0 spiro atoms. The van der Waals surface area contributed by atoms with E-state index in [1.54, 1.807) is 4.90 Å². The minimum Gasteiger partial charge on any atom is -0.336 e. The Hall–Kier alpha value is -2.21. The lowest BCUT2D eigenvalue weighted by atomic mass is 10.1. The molecule has 2 aromatic heterocycles. The van der Waals surface area contributed by atoms with Crippen LogP contribution in [0.1, 0.15) is 29.0 Å². The third-order valence-corrected chi connectivity index (χ3v) is 3.91. The average Bonchev–Trinajstić information content (AvgIpc) is 2.86. The van der Waals surface area contributed by atoms with Crippen LogP contribution < -0.4 is 0 Å². The normalized spacial score (nSPS) is 15.8. The highest BCUT2D eigenvalue weighted by Gasteiger charge is 2.27. The van der Waals surface area contributed by atoms with Gasteiger partial charge in [-0.05, 0) is 26.2 Å². The fraction of sp³-hybridized carbons (Fsp3) is 0.438. The van der Waals surface area contributed by atoms with E-state index >= 15 is 0 Å². The number of hydrogen-bond acceptors (Lipinski definition) is 4. The summed E-state index contributed by atoms with van der Waals surface area (Å²) in [5.74, 6) is 0.153. The van der Waals surface area contributed by atoms with Gasteiger partial charge in [0, 0.05) is 38.7 Å². The zero-order valence-electron chi connectivity index (χ0n) is 13.0. The number of hydrogen-bond donors (Lipinski definition) is 0. The predicted molar refractivity (Wildman–Crippen MR) is 82.7 cm³/mol. The Morgan fingerprint density at radius 1 is 1.27 bits per heavy atom. The summed E-state index contributed by atoms with van der Waals surface area (Å²) in [5, 5.41) is 0. The smallest absolute Gasteiger partial charge is 0.274 e. The maximum Gasteiger partial charge on any atom is 0.274 e. The summed E-state index contributed by atoms with van der Waals surface area (Å²) in [5.41, 5.74) is 2.16. The van der Waals surface area contributed by atoms with Crippen LogP contribution in [0.15, 0.2) is 24.4 Å². The van der Waals surface area contributed by atoms with Crippen LogP contribution in [-0.2, 0) is 11.3 Å². The highest BCUT2D eigenvalue weighted by atomic mass is 16.2. The molecule has 0 aliphatic carbocycles. The fourth-order valence-electron chi connectivity index (χ4n) is 2.78. The van der Waals surface area contributed by atoms with Crippen LogP contribution in [0.2, 0.25) is 0 Å². The largest absolute Gasteiger partial charge is 0.336 e. The van der Waals surface area contributed by atoms with Gasteiger partial charge in [0.25, 0.3) is 5.91 Å². The Morgan fingerprint density at radius 2 is 2.00 bits per heavy atom. The van der Waals surface area contributed by atoms with Crippen molar-refractivity contribution >= 4 is 17.3 Å². The molecule has 2 aromatic rings. The predicted octanol–water partition coefficient (Wildman–Crippen LogP) is 1.20. The van der Waals surface area contributed by atoms with Crippen LogP contribution in [-0.4, -0.2) is 58.1 Å². The second-order valence-corrected chi connectivity index (χ2v) is 5.90. The first-order chi connectivity index (χ1) is 10.6. The molecular formula is C16H20N4O2. The van der Waals surface area contributed by atoms with Crippen LogP contribution in [0.4, 0.5) is 0 Å². The first-order valence-electron chi connectivity index (χ1n) is 7.48. The van der Waals surface area contributed by atoms with E-state index in [0.717, 1.165) is 11.3 Å². The number of piperidine rings is 1. The summed E-state index contributed by atoms with van der Waals surface area (Å²) in [7, 11) is 3.94. The van der Waals surface area contributed by atoms with Crippen molar-refractivity contribution in [2.45, 2.75) is 19.4 Å². The van der Waals surface area contributed by atoms with Crippen molar-refractivity contribution in [2.24, 2.45) is 0 Å². The van der Waals surface area contributed by atoms with Gasteiger partial charge in [0.05, 0.1) is 5.69 Å². The minimum atomic E-state index is -0.0759. The van der Waals surface area contributed by atoms with Gasteiger partial charge in [-0.25, -0.2) is 4.98 Å². The number of Topliss-reactive ketones (excluding diaryl/α,β-unsaturated/α-hetero) is 1. The SMILES string of the molecule is CN(C)Cc1c(C(=O)N2CCC(=O)CC2)nc2ccccn12. The summed E-state index contributed by atoms with van der Waals surface area (Å²) in [6.45, 7) is 1.62. The van der Waals surface area contributed by atoms with E-state index in [-0.39, 0.29) is 11.7 Å². The number of nitrogens with zero attached hydrogens (tertiary/aromatic N) is 4. The molecule has 1 amide bonds. The van der Waals surface area contributed by atoms with Crippen molar-refractivity contribution in [3.05, 3.63) is 35.8 Å². The Balaban J connectivity index is 1.98. The Bertz CT molecular complexity index is 710. The van der Waals surface area contributed by atoms with Crippen molar-refractivity contribution < 1.29 is 9.59 Å². The lowest BCUT2D eigenvalue weighted by Crippen LogP contribution is -2.39. The lowest BCUT2D eigenvalue weighted by molar-refractivity contribution is -0.120. The summed E-state index contributed by atoms with van der Waals surface area (Å²) in [6.07, 6.45) is 2.82. The number of amides is 1. The molecule has 0 saturated carbocycles. The zero-order valence-corrected chi connectivity index (χ0v) is 13.0. The molecule has 0 aromatic carbocycles.